The van der Waals surface area contributed by atoms with Gasteiger partial charge in [-0.3, -0.25) is 4.90 Å². The van der Waals surface area contributed by atoms with Crippen molar-refractivity contribution in [1.82, 2.24) is 4.90 Å². The Bertz CT molecular complexity index is 128. The first kappa shape index (κ1) is 14.8. The van der Waals surface area contributed by atoms with E-state index in [1.54, 1.807) is 14.2 Å². The molecule has 0 saturated carbocycles. The Morgan fingerprint density at radius 1 is 1.13 bits per heavy atom. The lowest BCUT2D eigenvalue weighted by Crippen LogP contribution is -2.34. The SMILES string of the molecule is COCCN(CCOC)CCC(O)CN. The molecule has 15 heavy (non-hydrogen) atoms. The van der Waals surface area contributed by atoms with E-state index in [-0.39, 0.29) is 0 Å². The quantitative estimate of drug-likeness (QED) is 0.509. The Morgan fingerprint density at radius 2 is 1.67 bits per heavy atom. The molecule has 0 saturated heterocycles. The first-order valence-electron chi connectivity index (χ1n) is 5.33. The van der Waals surface area contributed by atoms with E-state index in [1.165, 1.54) is 0 Å². The summed E-state index contributed by atoms with van der Waals surface area (Å²) in [4.78, 5) is 2.20. The van der Waals surface area contributed by atoms with Crippen molar-refractivity contribution in [2.45, 2.75) is 12.5 Å². The van der Waals surface area contributed by atoms with Gasteiger partial charge in [-0.25, -0.2) is 0 Å². The van der Waals surface area contributed by atoms with E-state index in [1.807, 2.05) is 0 Å². The molecular formula is C10H24N2O3. The second kappa shape index (κ2) is 10.3. The molecule has 0 rings (SSSR count). The molecule has 0 fully saturated rings. The molecule has 0 aliphatic heterocycles. The fourth-order valence-corrected chi connectivity index (χ4v) is 1.23. The van der Waals surface area contributed by atoms with E-state index < -0.39 is 6.10 Å². The number of aliphatic hydroxyl groups is 1. The summed E-state index contributed by atoms with van der Waals surface area (Å²) >= 11 is 0. The normalized spacial score (nSPS) is 13.4. The average Bonchev–Trinajstić information content (AvgIpc) is 2.27. The minimum absolute atomic E-state index is 0.322. The molecule has 0 spiro atoms. The predicted molar refractivity (Wildman–Crippen MR) is 59.9 cm³/mol. The van der Waals surface area contributed by atoms with Crippen molar-refractivity contribution in [2.75, 3.05) is 53.6 Å². The van der Waals surface area contributed by atoms with Gasteiger partial charge in [0.05, 0.1) is 19.3 Å². The number of nitrogens with two attached hydrogens (primary N) is 1. The van der Waals surface area contributed by atoms with Crippen molar-refractivity contribution in [1.29, 1.82) is 0 Å². The lowest BCUT2D eigenvalue weighted by molar-refractivity contribution is 0.0964. The smallest absolute Gasteiger partial charge is 0.0674 e. The van der Waals surface area contributed by atoms with Gasteiger partial charge in [0.25, 0.3) is 0 Å². The number of aliphatic hydroxyl groups excluding tert-OH is 1. The van der Waals surface area contributed by atoms with Gasteiger partial charge < -0.3 is 20.3 Å². The molecule has 0 aliphatic carbocycles. The van der Waals surface area contributed by atoms with E-state index in [0.717, 1.165) is 19.6 Å². The van der Waals surface area contributed by atoms with Crippen LogP contribution in [0.25, 0.3) is 0 Å². The highest BCUT2D eigenvalue weighted by atomic mass is 16.5. The van der Waals surface area contributed by atoms with Crippen LogP contribution >= 0.6 is 0 Å². The summed E-state index contributed by atoms with van der Waals surface area (Å²) in [5, 5.41) is 9.34. The van der Waals surface area contributed by atoms with Crippen LogP contribution in [0.4, 0.5) is 0 Å². The van der Waals surface area contributed by atoms with Crippen LogP contribution in [0.5, 0.6) is 0 Å². The summed E-state index contributed by atoms with van der Waals surface area (Å²) < 4.78 is 10.0. The molecule has 0 aromatic carbocycles. The minimum Gasteiger partial charge on any atom is -0.392 e. The Labute approximate surface area is 92.1 Å². The highest BCUT2D eigenvalue weighted by Gasteiger charge is 2.07. The van der Waals surface area contributed by atoms with Gasteiger partial charge in [-0.05, 0) is 6.42 Å². The number of ether oxygens (including phenoxy) is 2. The minimum atomic E-state index is -0.405. The Hall–Kier alpha value is -0.200. The van der Waals surface area contributed by atoms with Crippen LogP contribution < -0.4 is 5.73 Å². The molecular weight excluding hydrogens is 196 g/mol. The highest BCUT2D eigenvalue weighted by Crippen LogP contribution is 1.96. The summed E-state index contributed by atoms with van der Waals surface area (Å²) in [6.07, 6.45) is 0.293. The van der Waals surface area contributed by atoms with Crippen molar-refractivity contribution in [3.63, 3.8) is 0 Å². The third kappa shape index (κ3) is 8.77. The van der Waals surface area contributed by atoms with Gasteiger partial charge in [-0.1, -0.05) is 0 Å². The van der Waals surface area contributed by atoms with Crippen molar-refractivity contribution in [3.8, 4) is 0 Å². The van der Waals surface area contributed by atoms with Gasteiger partial charge in [0.1, 0.15) is 0 Å². The van der Waals surface area contributed by atoms with Crippen LogP contribution in [0.15, 0.2) is 0 Å². The summed E-state index contributed by atoms with van der Waals surface area (Å²) in [5.41, 5.74) is 5.34. The van der Waals surface area contributed by atoms with Crippen LogP contribution in [0.3, 0.4) is 0 Å². The van der Waals surface area contributed by atoms with E-state index in [4.69, 9.17) is 15.2 Å². The van der Waals surface area contributed by atoms with Gasteiger partial charge in [0.15, 0.2) is 0 Å². The number of nitrogens with zero attached hydrogens (tertiary/aromatic N) is 1. The van der Waals surface area contributed by atoms with Gasteiger partial charge in [0.2, 0.25) is 0 Å². The molecule has 0 radical (unpaired) electrons. The second-order valence-electron chi connectivity index (χ2n) is 3.51. The highest BCUT2D eigenvalue weighted by molar-refractivity contribution is 4.62. The zero-order chi connectivity index (χ0) is 11.5. The van der Waals surface area contributed by atoms with E-state index in [9.17, 15) is 5.11 Å². The lowest BCUT2D eigenvalue weighted by Gasteiger charge is -2.22. The number of hydrogen-bond acceptors (Lipinski definition) is 5. The molecule has 1 unspecified atom stereocenters. The Balaban J connectivity index is 3.67. The number of hydrogen-bond donors (Lipinski definition) is 2. The largest absolute Gasteiger partial charge is 0.392 e. The fraction of sp³-hybridized carbons (Fsp3) is 1.00. The topological polar surface area (TPSA) is 68.0 Å². The summed E-state index contributed by atoms with van der Waals surface area (Å²) in [6.45, 7) is 4.26. The zero-order valence-electron chi connectivity index (χ0n) is 9.82. The second-order valence-corrected chi connectivity index (χ2v) is 3.51. The average molecular weight is 220 g/mol. The van der Waals surface area contributed by atoms with Gasteiger partial charge in [0, 0.05) is 40.4 Å². The standard InChI is InChI=1S/C10H24N2O3/c1-14-7-5-12(6-8-15-2)4-3-10(13)9-11/h10,13H,3-9,11H2,1-2H3. The van der Waals surface area contributed by atoms with Crippen molar-refractivity contribution >= 4 is 0 Å². The van der Waals surface area contributed by atoms with Crippen LogP contribution in [0.1, 0.15) is 6.42 Å². The molecule has 5 heteroatoms. The first-order chi connectivity index (χ1) is 7.24. The zero-order valence-corrected chi connectivity index (χ0v) is 9.82. The lowest BCUT2D eigenvalue weighted by atomic mass is 10.2. The van der Waals surface area contributed by atoms with Crippen LogP contribution in [0.2, 0.25) is 0 Å². The molecule has 1 atom stereocenters. The third-order valence-corrected chi connectivity index (χ3v) is 2.27. The third-order valence-electron chi connectivity index (χ3n) is 2.27. The Kier molecular flexibility index (Phi) is 10.2. The predicted octanol–water partition coefficient (Wildman–Crippen LogP) is -0.709. The summed E-state index contributed by atoms with van der Waals surface area (Å²) in [7, 11) is 3.37. The van der Waals surface area contributed by atoms with E-state index in [2.05, 4.69) is 4.90 Å². The number of rotatable bonds is 10. The first-order valence-corrected chi connectivity index (χ1v) is 5.33. The molecule has 0 bridgehead atoms. The maximum Gasteiger partial charge on any atom is 0.0674 e. The summed E-state index contributed by atoms with van der Waals surface area (Å²) in [5.74, 6) is 0. The number of methoxy groups -OCH3 is 2. The monoisotopic (exact) mass is 220 g/mol. The molecule has 0 aliphatic rings. The summed E-state index contributed by atoms with van der Waals surface area (Å²) in [6, 6.07) is 0. The van der Waals surface area contributed by atoms with E-state index >= 15 is 0 Å². The van der Waals surface area contributed by atoms with Crippen LogP contribution in [-0.4, -0.2) is 69.7 Å². The molecule has 92 valence electrons. The van der Waals surface area contributed by atoms with Gasteiger partial charge in [-0.2, -0.15) is 0 Å². The van der Waals surface area contributed by atoms with Crippen molar-refractivity contribution < 1.29 is 14.6 Å². The molecule has 0 amide bonds. The molecule has 5 nitrogen and oxygen atoms in total. The van der Waals surface area contributed by atoms with E-state index in [0.29, 0.717) is 26.2 Å². The van der Waals surface area contributed by atoms with Crippen molar-refractivity contribution in [2.24, 2.45) is 5.73 Å². The Morgan fingerprint density at radius 3 is 2.07 bits per heavy atom. The van der Waals surface area contributed by atoms with Gasteiger partial charge in [-0.15, -0.1) is 0 Å². The van der Waals surface area contributed by atoms with Crippen molar-refractivity contribution in [3.05, 3.63) is 0 Å². The fourth-order valence-electron chi connectivity index (χ4n) is 1.23. The van der Waals surface area contributed by atoms with Gasteiger partial charge >= 0.3 is 0 Å². The maximum absolute atomic E-state index is 9.34. The van der Waals surface area contributed by atoms with Crippen LogP contribution in [-0.2, 0) is 9.47 Å². The maximum atomic E-state index is 9.34. The molecule has 0 aromatic rings. The van der Waals surface area contributed by atoms with Crippen LogP contribution in [0, 0.1) is 0 Å². The molecule has 0 heterocycles. The molecule has 0 aromatic heterocycles. The molecule has 3 N–H and O–H groups in total.